The standard InChI is InChI=1S/C24H21FN6O4S/c1-13(2)35-23-21-22(27-12-26-21)30-24(31-23)29-16-7-8-20-19(9-16)18(14-3-5-15(25)6-4-14)10-17(28-20)11-36(32,33)34/h3-10,12-13H,11H2,1-2H3,(H,32,33,34)(H2,26,27,29,30,31). The van der Waals surface area contributed by atoms with Gasteiger partial charge in [0.25, 0.3) is 10.1 Å². The highest BCUT2D eigenvalue weighted by Gasteiger charge is 2.16. The maximum atomic E-state index is 13.6. The minimum absolute atomic E-state index is 0.116. The van der Waals surface area contributed by atoms with Crippen molar-refractivity contribution in [2.75, 3.05) is 5.32 Å². The van der Waals surface area contributed by atoms with E-state index in [1.54, 1.807) is 30.3 Å². The summed E-state index contributed by atoms with van der Waals surface area (Å²) in [5.41, 5.74) is 3.58. The molecule has 0 spiro atoms. The molecule has 5 aromatic rings. The molecule has 3 N–H and O–H groups in total. The molecule has 10 nitrogen and oxygen atoms in total. The summed E-state index contributed by atoms with van der Waals surface area (Å²) < 4.78 is 51.6. The molecule has 0 saturated carbocycles. The number of pyridine rings is 1. The Labute approximate surface area is 205 Å². The van der Waals surface area contributed by atoms with Crippen LogP contribution in [0.25, 0.3) is 33.2 Å². The molecule has 0 fully saturated rings. The SMILES string of the molecule is CC(C)Oc1nc(Nc2ccc3nc(CS(=O)(=O)O)cc(-c4ccc(F)cc4)c3c2)nc2[nH]cnc12. The molecule has 36 heavy (non-hydrogen) atoms. The number of ether oxygens (including phenoxy) is 1. The summed E-state index contributed by atoms with van der Waals surface area (Å²) in [6.07, 6.45) is 1.39. The van der Waals surface area contributed by atoms with Gasteiger partial charge in [0.1, 0.15) is 11.6 Å². The Balaban J connectivity index is 1.60. The molecular formula is C24H21FN6O4S. The van der Waals surface area contributed by atoms with Crippen molar-refractivity contribution >= 4 is 43.8 Å². The van der Waals surface area contributed by atoms with Crippen molar-refractivity contribution in [2.24, 2.45) is 0 Å². The van der Waals surface area contributed by atoms with Gasteiger partial charge in [-0.3, -0.25) is 9.54 Å². The summed E-state index contributed by atoms with van der Waals surface area (Å²) in [4.78, 5) is 20.5. The van der Waals surface area contributed by atoms with Crippen molar-refractivity contribution < 1.29 is 22.1 Å². The molecule has 12 heteroatoms. The Morgan fingerprint density at radius 2 is 1.86 bits per heavy atom. The lowest BCUT2D eigenvalue weighted by Crippen LogP contribution is -2.09. The number of benzene rings is 2. The van der Waals surface area contributed by atoms with Crippen molar-refractivity contribution in [1.29, 1.82) is 0 Å². The number of imidazole rings is 1. The smallest absolute Gasteiger partial charge is 0.270 e. The second-order valence-corrected chi connectivity index (χ2v) is 9.82. The third-order valence-electron chi connectivity index (χ3n) is 5.20. The Morgan fingerprint density at radius 3 is 2.58 bits per heavy atom. The molecule has 2 aromatic carbocycles. The predicted octanol–water partition coefficient (Wildman–Crippen LogP) is 4.63. The molecule has 0 saturated heterocycles. The minimum Gasteiger partial charge on any atom is -0.473 e. The number of rotatable bonds is 7. The van der Waals surface area contributed by atoms with Crippen molar-refractivity contribution in [2.45, 2.75) is 25.7 Å². The molecule has 0 atom stereocenters. The third-order valence-corrected chi connectivity index (χ3v) is 5.86. The molecule has 0 aliphatic heterocycles. The van der Waals surface area contributed by atoms with E-state index in [9.17, 15) is 17.4 Å². The van der Waals surface area contributed by atoms with Gasteiger partial charge in [0, 0.05) is 11.1 Å². The fourth-order valence-electron chi connectivity index (χ4n) is 3.79. The summed E-state index contributed by atoms with van der Waals surface area (Å²) in [5, 5.41) is 3.83. The first-order valence-electron chi connectivity index (χ1n) is 10.9. The first-order valence-corrected chi connectivity index (χ1v) is 12.5. The lowest BCUT2D eigenvalue weighted by atomic mass is 10.00. The average molecular weight is 509 g/mol. The Hall–Kier alpha value is -4.16. The Kier molecular flexibility index (Phi) is 5.98. The summed E-state index contributed by atoms with van der Waals surface area (Å²) >= 11 is 0. The maximum absolute atomic E-state index is 13.6. The number of hydrogen-bond acceptors (Lipinski definition) is 8. The number of fused-ring (bicyclic) bond motifs is 2. The van der Waals surface area contributed by atoms with Crippen LogP contribution in [0.4, 0.5) is 16.0 Å². The van der Waals surface area contributed by atoms with Gasteiger partial charge in [-0.2, -0.15) is 18.4 Å². The highest BCUT2D eigenvalue weighted by atomic mass is 32.2. The number of nitrogens with one attached hydrogen (secondary N) is 2. The average Bonchev–Trinajstić information content (AvgIpc) is 3.27. The van der Waals surface area contributed by atoms with Crippen LogP contribution >= 0.6 is 0 Å². The largest absolute Gasteiger partial charge is 0.473 e. The van der Waals surface area contributed by atoms with Crippen LogP contribution in [0.1, 0.15) is 19.5 Å². The topological polar surface area (TPSA) is 143 Å². The number of anilines is 2. The van der Waals surface area contributed by atoms with E-state index < -0.39 is 21.7 Å². The van der Waals surface area contributed by atoms with Gasteiger partial charge in [-0.05, 0) is 61.4 Å². The van der Waals surface area contributed by atoms with E-state index in [2.05, 4.69) is 30.2 Å². The van der Waals surface area contributed by atoms with Crippen LogP contribution in [0.3, 0.4) is 0 Å². The van der Waals surface area contributed by atoms with E-state index in [4.69, 9.17) is 4.74 Å². The predicted molar refractivity (Wildman–Crippen MR) is 133 cm³/mol. The molecule has 0 amide bonds. The summed E-state index contributed by atoms with van der Waals surface area (Å²) in [7, 11) is -4.30. The van der Waals surface area contributed by atoms with Gasteiger partial charge in [0.05, 0.1) is 23.6 Å². The first-order chi connectivity index (χ1) is 17.1. The van der Waals surface area contributed by atoms with E-state index in [-0.39, 0.29) is 17.7 Å². The van der Waals surface area contributed by atoms with Gasteiger partial charge < -0.3 is 15.0 Å². The van der Waals surface area contributed by atoms with Gasteiger partial charge in [-0.15, -0.1) is 0 Å². The number of aromatic nitrogens is 5. The Bertz CT molecular complexity index is 1690. The highest BCUT2D eigenvalue weighted by Crippen LogP contribution is 2.32. The van der Waals surface area contributed by atoms with Crippen LogP contribution in [0.15, 0.2) is 54.9 Å². The maximum Gasteiger partial charge on any atom is 0.270 e. The lowest BCUT2D eigenvalue weighted by molar-refractivity contribution is 0.235. The van der Waals surface area contributed by atoms with Crippen molar-refractivity contribution in [1.82, 2.24) is 24.9 Å². The molecule has 0 aliphatic carbocycles. The van der Waals surface area contributed by atoms with Crippen LogP contribution in [-0.2, 0) is 15.9 Å². The summed E-state index contributed by atoms with van der Waals surface area (Å²) in [6, 6.07) is 12.6. The number of halogens is 1. The number of aromatic amines is 1. The third kappa shape index (κ3) is 5.09. The Morgan fingerprint density at radius 1 is 1.08 bits per heavy atom. The van der Waals surface area contributed by atoms with Gasteiger partial charge >= 0.3 is 0 Å². The van der Waals surface area contributed by atoms with Gasteiger partial charge in [0.2, 0.25) is 11.8 Å². The number of hydrogen-bond donors (Lipinski definition) is 3. The van der Waals surface area contributed by atoms with Gasteiger partial charge in [-0.25, -0.2) is 9.37 Å². The second kappa shape index (κ2) is 9.13. The molecule has 0 radical (unpaired) electrons. The monoisotopic (exact) mass is 508 g/mol. The lowest BCUT2D eigenvalue weighted by Gasteiger charge is -2.13. The molecule has 0 unspecified atom stereocenters. The van der Waals surface area contributed by atoms with Crippen LogP contribution in [-0.4, -0.2) is 44.0 Å². The molecular weight excluding hydrogens is 487 g/mol. The number of nitrogens with zero attached hydrogens (tertiary/aromatic N) is 4. The summed E-state index contributed by atoms with van der Waals surface area (Å²) in [6.45, 7) is 3.77. The van der Waals surface area contributed by atoms with E-state index in [0.29, 0.717) is 44.8 Å². The minimum atomic E-state index is -4.30. The molecule has 184 valence electrons. The van der Waals surface area contributed by atoms with E-state index >= 15 is 0 Å². The van der Waals surface area contributed by atoms with E-state index in [0.717, 1.165) is 0 Å². The zero-order chi connectivity index (χ0) is 25.4. The van der Waals surface area contributed by atoms with Crippen molar-refractivity contribution in [3.05, 3.63) is 66.4 Å². The normalized spacial score (nSPS) is 11.9. The van der Waals surface area contributed by atoms with Crippen LogP contribution in [0.5, 0.6) is 5.88 Å². The summed E-state index contributed by atoms with van der Waals surface area (Å²) in [5.74, 6) is -0.430. The molecule has 0 bridgehead atoms. The van der Waals surface area contributed by atoms with E-state index in [1.807, 2.05) is 19.9 Å². The fourth-order valence-corrected chi connectivity index (χ4v) is 4.31. The molecule has 5 rings (SSSR count). The van der Waals surface area contributed by atoms with Gasteiger partial charge in [0.15, 0.2) is 11.2 Å². The van der Waals surface area contributed by atoms with Crippen LogP contribution < -0.4 is 10.1 Å². The zero-order valence-electron chi connectivity index (χ0n) is 19.2. The van der Waals surface area contributed by atoms with Crippen molar-refractivity contribution in [3.8, 4) is 17.0 Å². The van der Waals surface area contributed by atoms with Gasteiger partial charge in [-0.1, -0.05) is 12.1 Å². The molecule has 3 heterocycles. The molecule has 0 aliphatic rings. The van der Waals surface area contributed by atoms with Crippen molar-refractivity contribution in [3.63, 3.8) is 0 Å². The first kappa shape index (κ1) is 23.6. The van der Waals surface area contributed by atoms with Crippen LogP contribution in [0.2, 0.25) is 0 Å². The molecule has 3 aromatic heterocycles. The second-order valence-electron chi connectivity index (χ2n) is 8.37. The fraction of sp³-hybridized carbons (Fsp3) is 0.167. The quantitative estimate of drug-likeness (QED) is 0.268. The highest BCUT2D eigenvalue weighted by molar-refractivity contribution is 7.85. The number of H-pyrrole nitrogens is 1. The zero-order valence-corrected chi connectivity index (χ0v) is 20.0. The van der Waals surface area contributed by atoms with E-state index in [1.165, 1.54) is 18.5 Å². The van der Waals surface area contributed by atoms with Crippen LogP contribution in [0, 0.1) is 5.82 Å².